The number of nitrogens with one attached hydrogen (secondary N) is 3. The van der Waals surface area contributed by atoms with Gasteiger partial charge in [0.1, 0.15) is 0 Å². The van der Waals surface area contributed by atoms with E-state index in [0.717, 1.165) is 11.1 Å². The van der Waals surface area contributed by atoms with E-state index in [1.54, 1.807) is 17.3 Å². The number of amides is 4. The highest BCUT2D eigenvalue weighted by atomic mass is 16.2. The average Bonchev–Trinajstić information content (AvgIpc) is 2.87. The molecule has 1 saturated heterocycles. The molecule has 1 fully saturated rings. The summed E-state index contributed by atoms with van der Waals surface area (Å²) in [5, 5.41) is 8.81. The second-order valence-electron chi connectivity index (χ2n) is 8.43. The number of aromatic nitrogens is 1. The van der Waals surface area contributed by atoms with Gasteiger partial charge in [0.25, 0.3) is 0 Å². The third-order valence-electron chi connectivity index (χ3n) is 5.84. The molecule has 8 heteroatoms. The fraction of sp³-hybridized carbons (Fsp3) is 0.440. The third kappa shape index (κ3) is 8.21. The van der Waals surface area contributed by atoms with Crippen molar-refractivity contribution in [2.45, 2.75) is 45.7 Å². The van der Waals surface area contributed by atoms with Crippen molar-refractivity contribution in [2.24, 2.45) is 5.92 Å². The summed E-state index contributed by atoms with van der Waals surface area (Å²) < 4.78 is 0. The first-order valence-electron chi connectivity index (χ1n) is 11.5. The number of urea groups is 1. The molecule has 8 nitrogen and oxygen atoms in total. The molecule has 1 atom stereocenters. The Morgan fingerprint density at radius 2 is 1.70 bits per heavy atom. The van der Waals surface area contributed by atoms with Crippen molar-refractivity contribution >= 4 is 17.8 Å². The van der Waals surface area contributed by atoms with E-state index < -0.39 is 0 Å². The Bertz CT molecular complexity index is 917. The molecule has 176 valence electrons. The highest BCUT2D eigenvalue weighted by Gasteiger charge is 2.22. The van der Waals surface area contributed by atoms with Crippen molar-refractivity contribution in [1.29, 1.82) is 0 Å². The molecule has 0 radical (unpaired) electrons. The van der Waals surface area contributed by atoms with Crippen LogP contribution in [0, 0.1) is 12.8 Å². The summed E-state index contributed by atoms with van der Waals surface area (Å²) in [6.07, 6.45) is 5.56. The summed E-state index contributed by atoms with van der Waals surface area (Å²) in [6, 6.07) is 11.5. The largest absolute Gasteiger partial charge is 0.356 e. The Morgan fingerprint density at radius 3 is 2.45 bits per heavy atom. The highest BCUT2D eigenvalue weighted by molar-refractivity contribution is 5.80. The standard InChI is InChI=1S/C25H33N5O3/c1-19-4-6-20(7-5-19)18-29-25(33)30-15-2-3-22(10-14-27-23(31)11-16-30)24(32)28-17-21-8-12-26-13-9-21/h4-9,12-13,22H,2-3,10-11,14-18H2,1H3,(H,27,31)(H,28,32)(H,29,33). The normalized spacial score (nSPS) is 17.4. The van der Waals surface area contributed by atoms with Gasteiger partial charge >= 0.3 is 6.03 Å². The molecule has 0 aliphatic carbocycles. The molecule has 33 heavy (non-hydrogen) atoms. The SMILES string of the molecule is Cc1ccc(CNC(=O)N2CCCC(C(=O)NCc3ccncc3)CCNC(=O)CC2)cc1. The van der Waals surface area contributed by atoms with Crippen LogP contribution in [-0.2, 0) is 22.7 Å². The Morgan fingerprint density at radius 1 is 1.00 bits per heavy atom. The van der Waals surface area contributed by atoms with Crippen molar-refractivity contribution in [1.82, 2.24) is 25.8 Å². The predicted molar refractivity (Wildman–Crippen MR) is 126 cm³/mol. The van der Waals surface area contributed by atoms with Gasteiger partial charge in [-0.25, -0.2) is 4.79 Å². The van der Waals surface area contributed by atoms with E-state index >= 15 is 0 Å². The minimum absolute atomic E-state index is 0.0318. The lowest BCUT2D eigenvalue weighted by Crippen LogP contribution is -2.42. The quantitative estimate of drug-likeness (QED) is 0.650. The lowest BCUT2D eigenvalue weighted by molar-refractivity contribution is -0.126. The van der Waals surface area contributed by atoms with Crippen LogP contribution >= 0.6 is 0 Å². The zero-order valence-electron chi connectivity index (χ0n) is 19.2. The monoisotopic (exact) mass is 451 g/mol. The van der Waals surface area contributed by atoms with E-state index in [1.165, 1.54) is 5.56 Å². The summed E-state index contributed by atoms with van der Waals surface area (Å²) in [5.74, 6) is -0.359. The van der Waals surface area contributed by atoms with Gasteiger partial charge in [0.15, 0.2) is 0 Å². The lowest BCUT2D eigenvalue weighted by Gasteiger charge is -2.23. The smallest absolute Gasteiger partial charge is 0.317 e. The molecule has 0 saturated carbocycles. The molecule has 3 N–H and O–H groups in total. The summed E-state index contributed by atoms with van der Waals surface area (Å²) in [7, 11) is 0. The molecule has 1 aliphatic rings. The van der Waals surface area contributed by atoms with Crippen LogP contribution in [0.1, 0.15) is 42.4 Å². The van der Waals surface area contributed by atoms with E-state index in [4.69, 9.17) is 0 Å². The number of benzene rings is 1. The zero-order valence-corrected chi connectivity index (χ0v) is 19.2. The number of carbonyl (C=O) groups excluding carboxylic acids is 3. The molecular weight excluding hydrogens is 418 g/mol. The number of hydrogen-bond donors (Lipinski definition) is 3. The molecular formula is C25H33N5O3. The maximum Gasteiger partial charge on any atom is 0.317 e. The summed E-state index contributed by atoms with van der Waals surface area (Å²) in [4.78, 5) is 43.4. The third-order valence-corrected chi connectivity index (χ3v) is 5.84. The van der Waals surface area contributed by atoms with Gasteiger partial charge in [-0.05, 0) is 49.4 Å². The zero-order chi connectivity index (χ0) is 23.5. The number of carbonyl (C=O) groups is 3. The molecule has 2 aromatic rings. The summed E-state index contributed by atoms with van der Waals surface area (Å²) >= 11 is 0. The molecule has 4 amide bonds. The maximum atomic E-state index is 12.8. The Kier molecular flexibility index (Phi) is 9.23. The molecule has 2 heterocycles. The van der Waals surface area contributed by atoms with Crippen LogP contribution in [0.2, 0.25) is 0 Å². The van der Waals surface area contributed by atoms with Crippen LogP contribution in [0.15, 0.2) is 48.8 Å². The van der Waals surface area contributed by atoms with E-state index in [2.05, 4.69) is 20.9 Å². The first kappa shape index (κ1) is 24.2. The van der Waals surface area contributed by atoms with Crippen LogP contribution in [0.4, 0.5) is 4.79 Å². The fourth-order valence-electron chi connectivity index (χ4n) is 3.79. The van der Waals surface area contributed by atoms with Gasteiger partial charge in [-0.15, -0.1) is 0 Å². The van der Waals surface area contributed by atoms with Crippen molar-refractivity contribution in [3.63, 3.8) is 0 Å². The number of hydrogen-bond acceptors (Lipinski definition) is 4. The number of aryl methyl sites for hydroxylation is 1. The predicted octanol–water partition coefficient (Wildman–Crippen LogP) is 2.52. The van der Waals surface area contributed by atoms with Gasteiger partial charge in [-0.3, -0.25) is 14.6 Å². The van der Waals surface area contributed by atoms with Crippen molar-refractivity contribution in [3.8, 4) is 0 Å². The van der Waals surface area contributed by atoms with Crippen LogP contribution in [0.25, 0.3) is 0 Å². The van der Waals surface area contributed by atoms with Crippen LogP contribution in [0.3, 0.4) is 0 Å². The Labute approximate surface area is 195 Å². The van der Waals surface area contributed by atoms with E-state index in [-0.39, 0.29) is 30.2 Å². The van der Waals surface area contributed by atoms with E-state index in [0.29, 0.717) is 52.0 Å². The number of rotatable bonds is 5. The molecule has 1 aromatic heterocycles. The van der Waals surface area contributed by atoms with Crippen LogP contribution < -0.4 is 16.0 Å². The fourth-order valence-corrected chi connectivity index (χ4v) is 3.79. The van der Waals surface area contributed by atoms with Crippen LogP contribution in [-0.4, -0.2) is 47.4 Å². The van der Waals surface area contributed by atoms with E-state index in [9.17, 15) is 14.4 Å². The van der Waals surface area contributed by atoms with Gasteiger partial charge in [-0.2, -0.15) is 0 Å². The minimum atomic E-state index is -0.220. The van der Waals surface area contributed by atoms with Gasteiger partial charge in [0.05, 0.1) is 0 Å². The van der Waals surface area contributed by atoms with Gasteiger partial charge in [0.2, 0.25) is 11.8 Å². The van der Waals surface area contributed by atoms with Crippen molar-refractivity contribution in [2.75, 3.05) is 19.6 Å². The second-order valence-corrected chi connectivity index (χ2v) is 8.43. The highest BCUT2D eigenvalue weighted by Crippen LogP contribution is 2.14. The summed E-state index contributed by atoms with van der Waals surface area (Å²) in [5.41, 5.74) is 3.18. The average molecular weight is 452 g/mol. The number of pyridine rings is 1. The van der Waals surface area contributed by atoms with Crippen LogP contribution in [0.5, 0.6) is 0 Å². The molecule has 1 aromatic carbocycles. The maximum absolute atomic E-state index is 12.8. The molecule has 1 unspecified atom stereocenters. The first-order chi connectivity index (χ1) is 16.0. The second kappa shape index (κ2) is 12.6. The number of nitrogens with zero attached hydrogens (tertiary/aromatic N) is 2. The van der Waals surface area contributed by atoms with Gasteiger partial charge in [0, 0.05) is 57.5 Å². The van der Waals surface area contributed by atoms with Gasteiger partial charge in [-0.1, -0.05) is 29.8 Å². The molecule has 0 spiro atoms. The topological polar surface area (TPSA) is 103 Å². The van der Waals surface area contributed by atoms with Crippen molar-refractivity contribution in [3.05, 3.63) is 65.5 Å². The molecule has 3 rings (SSSR count). The Hall–Kier alpha value is -3.42. The first-order valence-corrected chi connectivity index (χ1v) is 11.5. The van der Waals surface area contributed by atoms with E-state index in [1.807, 2.05) is 43.3 Å². The minimum Gasteiger partial charge on any atom is -0.356 e. The Balaban J connectivity index is 1.53. The lowest BCUT2D eigenvalue weighted by atomic mass is 9.98. The molecule has 0 bridgehead atoms. The van der Waals surface area contributed by atoms with Gasteiger partial charge < -0.3 is 20.9 Å². The molecule has 1 aliphatic heterocycles. The summed E-state index contributed by atoms with van der Waals surface area (Å²) in [6.45, 7) is 4.20. The van der Waals surface area contributed by atoms with Crippen molar-refractivity contribution < 1.29 is 14.4 Å².